The molecule has 0 aromatic carbocycles. The number of thioether (sulfide) groups is 1. The Hall–Kier alpha value is -0.430. The molecule has 1 N–H and O–H groups in total. The van der Waals surface area contributed by atoms with Gasteiger partial charge in [-0.2, -0.15) is 13.2 Å². The summed E-state index contributed by atoms with van der Waals surface area (Å²) in [5.41, 5.74) is 0. The van der Waals surface area contributed by atoms with Crippen LogP contribution in [0.4, 0.5) is 13.2 Å². The summed E-state index contributed by atoms with van der Waals surface area (Å²) in [6, 6.07) is 0. The van der Waals surface area contributed by atoms with Crippen molar-refractivity contribution in [3.63, 3.8) is 0 Å². The minimum atomic E-state index is -4.43. The van der Waals surface area contributed by atoms with E-state index in [1.165, 1.54) is 11.8 Å². The summed E-state index contributed by atoms with van der Waals surface area (Å²) in [7, 11) is 0. The van der Waals surface area contributed by atoms with E-state index in [-0.39, 0.29) is 17.0 Å². The Balaban J connectivity index is 4.35. The number of hydrogen-bond donors (Lipinski definition) is 1. The predicted octanol–water partition coefficient (Wildman–Crippen LogP) is 1.90. The van der Waals surface area contributed by atoms with E-state index in [0.29, 0.717) is 4.90 Å². The van der Waals surface area contributed by atoms with Crippen molar-refractivity contribution in [3.8, 4) is 0 Å². The van der Waals surface area contributed by atoms with Gasteiger partial charge in [0.05, 0.1) is 12.4 Å². The van der Waals surface area contributed by atoms with E-state index in [0.717, 1.165) is 0 Å². The molecule has 0 radical (unpaired) electrons. The molecule has 0 aromatic rings. The maximum absolute atomic E-state index is 12.2. The fourth-order valence-corrected chi connectivity index (χ4v) is 1.74. The third-order valence-corrected chi connectivity index (χ3v) is 2.98. The van der Waals surface area contributed by atoms with Crippen LogP contribution in [-0.2, 0) is 4.79 Å². The van der Waals surface area contributed by atoms with E-state index in [4.69, 9.17) is 5.11 Å². The minimum absolute atomic E-state index is 0.0143. The minimum Gasteiger partial charge on any atom is -0.395 e. The molecule has 0 atom stereocenters. The Morgan fingerprint density at radius 1 is 1.29 bits per heavy atom. The average Bonchev–Trinajstić information content (AvgIpc) is 2.10. The molecule has 3 nitrogen and oxygen atoms in total. The van der Waals surface area contributed by atoms with Crippen LogP contribution in [0.15, 0.2) is 0 Å². The molecule has 0 aliphatic heterocycles. The Labute approximate surface area is 103 Å². The molecule has 0 spiro atoms. The second-order valence-corrected chi connectivity index (χ2v) is 6.36. The number of hydrogen-bond acceptors (Lipinski definition) is 3. The van der Waals surface area contributed by atoms with E-state index in [2.05, 4.69) is 0 Å². The molecule has 102 valence electrons. The van der Waals surface area contributed by atoms with E-state index >= 15 is 0 Å². The summed E-state index contributed by atoms with van der Waals surface area (Å²) < 4.78 is 36.4. The first-order valence-electron chi connectivity index (χ1n) is 5.14. The van der Waals surface area contributed by atoms with E-state index in [1.807, 2.05) is 20.8 Å². The highest BCUT2D eigenvalue weighted by Gasteiger charge is 2.32. The van der Waals surface area contributed by atoms with Gasteiger partial charge < -0.3 is 10.0 Å². The van der Waals surface area contributed by atoms with Crippen LogP contribution < -0.4 is 0 Å². The second-order valence-electron chi connectivity index (χ2n) is 4.56. The van der Waals surface area contributed by atoms with Gasteiger partial charge in [0.1, 0.15) is 6.54 Å². The molecular weight excluding hydrogens is 255 g/mol. The highest BCUT2D eigenvalue weighted by atomic mass is 32.2. The zero-order valence-corrected chi connectivity index (χ0v) is 11.0. The van der Waals surface area contributed by atoms with Gasteiger partial charge in [-0.25, -0.2) is 0 Å². The van der Waals surface area contributed by atoms with Crippen LogP contribution in [0.1, 0.15) is 20.8 Å². The molecule has 7 heteroatoms. The Morgan fingerprint density at radius 2 is 1.82 bits per heavy atom. The third kappa shape index (κ3) is 9.29. The molecule has 1 amide bonds. The van der Waals surface area contributed by atoms with Gasteiger partial charge >= 0.3 is 6.18 Å². The van der Waals surface area contributed by atoms with E-state index in [1.54, 1.807) is 0 Å². The summed E-state index contributed by atoms with van der Waals surface area (Å²) in [4.78, 5) is 12.2. The maximum atomic E-state index is 12.2. The van der Waals surface area contributed by atoms with Crippen LogP contribution in [0.2, 0.25) is 0 Å². The first-order valence-corrected chi connectivity index (χ1v) is 6.13. The topological polar surface area (TPSA) is 40.5 Å². The molecule has 0 saturated heterocycles. The predicted molar refractivity (Wildman–Crippen MR) is 61.9 cm³/mol. The van der Waals surface area contributed by atoms with Crippen molar-refractivity contribution in [1.82, 2.24) is 4.90 Å². The molecule has 0 saturated carbocycles. The summed E-state index contributed by atoms with van der Waals surface area (Å²) in [6.45, 7) is 3.57. The van der Waals surface area contributed by atoms with Crippen molar-refractivity contribution < 1.29 is 23.1 Å². The summed E-state index contributed by atoms with van der Waals surface area (Å²) in [5, 5.41) is 8.64. The van der Waals surface area contributed by atoms with Gasteiger partial charge in [0, 0.05) is 11.3 Å². The van der Waals surface area contributed by atoms with Crippen molar-refractivity contribution in [3.05, 3.63) is 0 Å². The smallest absolute Gasteiger partial charge is 0.395 e. The fraction of sp³-hybridized carbons (Fsp3) is 0.900. The zero-order valence-electron chi connectivity index (χ0n) is 10.2. The van der Waals surface area contributed by atoms with Crippen LogP contribution in [-0.4, -0.2) is 52.3 Å². The van der Waals surface area contributed by atoms with Gasteiger partial charge in [-0.3, -0.25) is 4.79 Å². The van der Waals surface area contributed by atoms with Crippen LogP contribution in [0.25, 0.3) is 0 Å². The van der Waals surface area contributed by atoms with Gasteiger partial charge in [0.2, 0.25) is 5.91 Å². The van der Waals surface area contributed by atoms with E-state index in [9.17, 15) is 18.0 Å². The molecule has 0 bridgehead atoms. The largest absolute Gasteiger partial charge is 0.406 e. The summed E-state index contributed by atoms with van der Waals surface area (Å²) >= 11 is 1.28. The average molecular weight is 273 g/mol. The van der Waals surface area contributed by atoms with Crippen LogP contribution in [0, 0.1) is 0 Å². The van der Waals surface area contributed by atoms with Gasteiger partial charge in [-0.05, 0) is 0 Å². The van der Waals surface area contributed by atoms with Gasteiger partial charge in [0.25, 0.3) is 0 Å². The quantitative estimate of drug-likeness (QED) is 0.831. The number of aliphatic hydroxyl groups is 1. The molecule has 0 aliphatic carbocycles. The summed E-state index contributed by atoms with van der Waals surface area (Å²) in [5.74, 6) is -0.615. The third-order valence-electron chi connectivity index (χ3n) is 1.72. The lowest BCUT2D eigenvalue weighted by Crippen LogP contribution is -2.42. The van der Waals surface area contributed by atoms with Crippen molar-refractivity contribution >= 4 is 17.7 Å². The lowest BCUT2D eigenvalue weighted by atomic mass is 10.3. The second kappa shape index (κ2) is 6.49. The molecule has 17 heavy (non-hydrogen) atoms. The Kier molecular flexibility index (Phi) is 6.32. The number of alkyl halides is 3. The highest BCUT2D eigenvalue weighted by Crippen LogP contribution is 2.24. The van der Waals surface area contributed by atoms with Gasteiger partial charge in [-0.1, -0.05) is 20.8 Å². The number of rotatable bonds is 5. The van der Waals surface area contributed by atoms with E-state index < -0.39 is 25.2 Å². The molecule has 0 heterocycles. The molecule has 0 aromatic heterocycles. The van der Waals surface area contributed by atoms with Gasteiger partial charge in [0.15, 0.2) is 0 Å². The Bertz CT molecular complexity index is 251. The molecule has 0 rings (SSSR count). The summed E-state index contributed by atoms with van der Waals surface area (Å²) in [6.07, 6.45) is -4.43. The highest BCUT2D eigenvalue weighted by molar-refractivity contribution is 8.01. The number of nitrogens with zero attached hydrogens (tertiary/aromatic N) is 1. The molecular formula is C10H18F3NO2S. The molecule has 0 unspecified atom stereocenters. The van der Waals surface area contributed by atoms with Crippen molar-refractivity contribution in [2.75, 3.05) is 25.4 Å². The van der Waals surface area contributed by atoms with Crippen molar-refractivity contribution in [1.29, 1.82) is 0 Å². The van der Waals surface area contributed by atoms with Crippen LogP contribution in [0.3, 0.4) is 0 Å². The zero-order chi connectivity index (χ0) is 13.7. The molecule has 0 fully saturated rings. The SMILES string of the molecule is CC(C)(C)SCC(=O)N(CCO)CC(F)(F)F. The number of amides is 1. The van der Waals surface area contributed by atoms with Crippen LogP contribution in [0.5, 0.6) is 0 Å². The Morgan fingerprint density at radius 3 is 2.18 bits per heavy atom. The lowest BCUT2D eigenvalue weighted by Gasteiger charge is -2.25. The fourth-order valence-electron chi connectivity index (χ4n) is 0.999. The monoisotopic (exact) mass is 273 g/mol. The standard InChI is InChI=1S/C10H18F3NO2S/c1-9(2,3)17-6-8(16)14(4-5-15)7-10(11,12)13/h15H,4-7H2,1-3H3. The number of halogens is 3. The number of carbonyl (C=O) groups is 1. The molecule has 0 aliphatic rings. The maximum Gasteiger partial charge on any atom is 0.406 e. The number of carbonyl (C=O) groups excluding carboxylic acids is 1. The van der Waals surface area contributed by atoms with Crippen molar-refractivity contribution in [2.45, 2.75) is 31.7 Å². The van der Waals surface area contributed by atoms with Crippen molar-refractivity contribution in [2.24, 2.45) is 0 Å². The first kappa shape index (κ1) is 16.6. The normalized spacial score (nSPS) is 12.6. The first-order chi connectivity index (χ1) is 7.55. The lowest BCUT2D eigenvalue weighted by molar-refractivity contribution is -0.160. The number of aliphatic hydroxyl groups excluding tert-OH is 1. The van der Waals surface area contributed by atoms with Gasteiger partial charge in [-0.15, -0.1) is 11.8 Å². The van der Waals surface area contributed by atoms with Crippen LogP contribution >= 0.6 is 11.8 Å².